The van der Waals surface area contributed by atoms with Gasteiger partial charge < -0.3 is 10.4 Å². The largest absolute Gasteiger partial charge is 0.508 e. The number of hydrogen-bond acceptors (Lipinski definition) is 2. The number of halogens is 1. The van der Waals surface area contributed by atoms with E-state index in [0.29, 0.717) is 12.1 Å². The van der Waals surface area contributed by atoms with Crippen molar-refractivity contribution in [3.8, 4) is 5.75 Å². The number of rotatable bonds is 6. The van der Waals surface area contributed by atoms with Crippen molar-refractivity contribution >= 4 is 17.5 Å². The fourth-order valence-electron chi connectivity index (χ4n) is 1.51. The summed E-state index contributed by atoms with van der Waals surface area (Å²) in [7, 11) is 0. The first-order valence-electron chi connectivity index (χ1n) is 5.77. The minimum Gasteiger partial charge on any atom is -0.508 e. The van der Waals surface area contributed by atoms with Gasteiger partial charge in [0, 0.05) is 17.5 Å². The summed E-state index contributed by atoms with van der Waals surface area (Å²) in [6, 6.07) is 6.86. The zero-order valence-corrected chi connectivity index (χ0v) is 10.7. The molecule has 4 heteroatoms. The molecule has 0 saturated carbocycles. The van der Waals surface area contributed by atoms with E-state index in [4.69, 9.17) is 11.6 Å². The lowest BCUT2D eigenvalue weighted by Gasteiger charge is -2.07. The van der Waals surface area contributed by atoms with Gasteiger partial charge in [0.1, 0.15) is 5.75 Å². The van der Waals surface area contributed by atoms with Crippen LogP contribution >= 0.6 is 11.6 Å². The van der Waals surface area contributed by atoms with Gasteiger partial charge in [0.15, 0.2) is 0 Å². The van der Waals surface area contributed by atoms with Crippen LogP contribution in [-0.4, -0.2) is 22.9 Å². The highest BCUT2D eigenvalue weighted by Gasteiger charge is 2.06. The Morgan fingerprint density at radius 3 is 2.82 bits per heavy atom. The van der Waals surface area contributed by atoms with Crippen molar-refractivity contribution in [1.82, 2.24) is 5.32 Å². The lowest BCUT2D eigenvalue weighted by atomic mass is 10.1. The number of carbonyl (C=O) groups is 1. The van der Waals surface area contributed by atoms with Crippen LogP contribution < -0.4 is 5.32 Å². The Labute approximate surface area is 107 Å². The van der Waals surface area contributed by atoms with Crippen molar-refractivity contribution in [1.29, 1.82) is 0 Å². The minimum atomic E-state index is -0.0753. The molecule has 0 aromatic heterocycles. The minimum absolute atomic E-state index is 0.0753. The Morgan fingerprint density at radius 1 is 1.47 bits per heavy atom. The van der Waals surface area contributed by atoms with E-state index in [-0.39, 0.29) is 23.5 Å². The van der Waals surface area contributed by atoms with Crippen LogP contribution in [0.4, 0.5) is 0 Å². The predicted molar refractivity (Wildman–Crippen MR) is 69.4 cm³/mol. The summed E-state index contributed by atoms with van der Waals surface area (Å²) in [5, 5.41) is 12.5. The summed E-state index contributed by atoms with van der Waals surface area (Å²) >= 11 is 5.80. The molecule has 1 amide bonds. The fourth-order valence-corrected chi connectivity index (χ4v) is 1.66. The highest BCUT2D eigenvalue weighted by Crippen LogP contribution is 2.15. The Bertz CT molecular complexity index is 366. The zero-order chi connectivity index (χ0) is 12.7. The first-order chi connectivity index (χ1) is 8.09. The van der Waals surface area contributed by atoms with Crippen LogP contribution in [0.5, 0.6) is 5.75 Å². The molecule has 1 unspecified atom stereocenters. The third-order valence-corrected chi connectivity index (χ3v) is 2.66. The lowest BCUT2D eigenvalue weighted by Crippen LogP contribution is -2.26. The van der Waals surface area contributed by atoms with E-state index >= 15 is 0 Å². The molecule has 0 aliphatic heterocycles. The molecule has 94 valence electrons. The van der Waals surface area contributed by atoms with Crippen molar-refractivity contribution < 1.29 is 9.90 Å². The first kappa shape index (κ1) is 13.8. The molecule has 0 heterocycles. The van der Waals surface area contributed by atoms with Crippen molar-refractivity contribution in [2.24, 2.45) is 0 Å². The molecule has 17 heavy (non-hydrogen) atoms. The number of aromatic hydroxyl groups is 1. The van der Waals surface area contributed by atoms with Crippen LogP contribution in [0.1, 0.15) is 25.3 Å². The maximum Gasteiger partial charge on any atom is 0.224 e. The summed E-state index contributed by atoms with van der Waals surface area (Å²) in [6.45, 7) is 2.56. The Balaban J connectivity index is 2.28. The molecule has 3 nitrogen and oxygen atoms in total. The van der Waals surface area contributed by atoms with Gasteiger partial charge in [-0.1, -0.05) is 18.2 Å². The molecule has 0 radical (unpaired) electrons. The lowest BCUT2D eigenvalue weighted by molar-refractivity contribution is -0.120. The highest BCUT2D eigenvalue weighted by atomic mass is 35.5. The molecule has 1 aromatic rings. The van der Waals surface area contributed by atoms with Gasteiger partial charge in [0.25, 0.3) is 0 Å². The molecular formula is C13H18ClNO2. The van der Waals surface area contributed by atoms with Crippen molar-refractivity contribution in [3.05, 3.63) is 29.8 Å². The molecule has 1 aromatic carbocycles. The molecule has 2 N–H and O–H groups in total. The molecule has 0 fully saturated rings. The van der Waals surface area contributed by atoms with Gasteiger partial charge in [-0.05, 0) is 25.8 Å². The topological polar surface area (TPSA) is 49.3 Å². The second-order valence-electron chi connectivity index (χ2n) is 4.08. The average molecular weight is 256 g/mol. The summed E-state index contributed by atoms with van der Waals surface area (Å²) in [5.41, 5.74) is 0.649. The third kappa shape index (κ3) is 5.59. The zero-order valence-electron chi connectivity index (χ0n) is 9.95. The summed E-state index contributed by atoms with van der Waals surface area (Å²) in [6.07, 6.45) is 1.97. The quantitative estimate of drug-likeness (QED) is 0.606. The van der Waals surface area contributed by atoms with E-state index < -0.39 is 0 Å². The normalized spacial score (nSPS) is 12.1. The molecule has 0 aliphatic carbocycles. The molecular weight excluding hydrogens is 238 g/mol. The van der Waals surface area contributed by atoms with Crippen LogP contribution in [0, 0.1) is 0 Å². The number of benzene rings is 1. The van der Waals surface area contributed by atoms with Gasteiger partial charge in [0.2, 0.25) is 5.91 Å². The van der Waals surface area contributed by atoms with E-state index in [1.54, 1.807) is 24.3 Å². The van der Waals surface area contributed by atoms with Crippen LogP contribution in [0.3, 0.4) is 0 Å². The van der Waals surface area contributed by atoms with E-state index in [9.17, 15) is 9.90 Å². The van der Waals surface area contributed by atoms with E-state index in [1.165, 1.54) is 0 Å². The van der Waals surface area contributed by atoms with Crippen molar-refractivity contribution in [2.75, 3.05) is 6.54 Å². The summed E-state index contributed by atoms with van der Waals surface area (Å²) in [4.78, 5) is 11.6. The van der Waals surface area contributed by atoms with Crippen LogP contribution in [-0.2, 0) is 11.2 Å². The maximum absolute atomic E-state index is 11.6. The molecule has 0 bridgehead atoms. The molecule has 0 aliphatic rings. The number of phenolic OH excluding ortho intramolecular Hbond substituents is 1. The van der Waals surface area contributed by atoms with Gasteiger partial charge >= 0.3 is 0 Å². The van der Waals surface area contributed by atoms with Crippen LogP contribution in [0.25, 0.3) is 0 Å². The van der Waals surface area contributed by atoms with Crippen molar-refractivity contribution in [2.45, 2.75) is 31.6 Å². The SMILES string of the molecule is CC(Cl)CCCNC(=O)Cc1ccccc1O. The van der Waals surface area contributed by atoms with Crippen LogP contribution in [0.2, 0.25) is 0 Å². The van der Waals surface area contributed by atoms with Crippen LogP contribution in [0.15, 0.2) is 24.3 Å². The Kier molecular flexibility index (Phi) is 5.84. The van der Waals surface area contributed by atoms with Gasteiger partial charge in [-0.2, -0.15) is 0 Å². The summed E-state index contributed by atoms with van der Waals surface area (Å²) in [5.74, 6) is 0.0887. The predicted octanol–water partition coefficient (Wildman–Crippen LogP) is 2.46. The number of amides is 1. The molecule has 0 spiro atoms. The monoisotopic (exact) mass is 255 g/mol. The number of carbonyl (C=O) groups excluding carboxylic acids is 1. The summed E-state index contributed by atoms with van der Waals surface area (Å²) < 4.78 is 0. The van der Waals surface area contributed by atoms with E-state index in [2.05, 4.69) is 5.32 Å². The second kappa shape index (κ2) is 7.17. The standard InChI is InChI=1S/C13H18ClNO2/c1-10(14)5-4-8-15-13(17)9-11-6-2-3-7-12(11)16/h2-3,6-7,10,16H,4-5,8-9H2,1H3,(H,15,17). The van der Waals surface area contributed by atoms with Gasteiger partial charge in [0.05, 0.1) is 6.42 Å². The third-order valence-electron chi connectivity index (χ3n) is 2.44. The van der Waals surface area contributed by atoms with Gasteiger partial charge in [-0.25, -0.2) is 0 Å². The van der Waals surface area contributed by atoms with Gasteiger partial charge in [-0.3, -0.25) is 4.79 Å². The fraction of sp³-hybridized carbons (Fsp3) is 0.462. The first-order valence-corrected chi connectivity index (χ1v) is 6.21. The number of para-hydroxylation sites is 1. The van der Waals surface area contributed by atoms with E-state index in [0.717, 1.165) is 12.8 Å². The average Bonchev–Trinajstić information content (AvgIpc) is 2.27. The highest BCUT2D eigenvalue weighted by molar-refractivity contribution is 6.20. The smallest absolute Gasteiger partial charge is 0.224 e. The maximum atomic E-state index is 11.6. The molecule has 1 atom stereocenters. The number of alkyl halides is 1. The molecule has 1 rings (SSSR count). The van der Waals surface area contributed by atoms with E-state index in [1.807, 2.05) is 6.92 Å². The number of nitrogens with one attached hydrogen (secondary N) is 1. The molecule has 0 saturated heterocycles. The Morgan fingerprint density at radius 2 is 2.18 bits per heavy atom. The Hall–Kier alpha value is -1.22. The number of phenols is 1. The van der Waals surface area contributed by atoms with Gasteiger partial charge in [-0.15, -0.1) is 11.6 Å². The second-order valence-corrected chi connectivity index (χ2v) is 4.82. The van der Waals surface area contributed by atoms with Crippen molar-refractivity contribution in [3.63, 3.8) is 0 Å². The number of hydrogen-bond donors (Lipinski definition) is 2.